The number of H-pyrrole nitrogens is 1. The summed E-state index contributed by atoms with van der Waals surface area (Å²) < 4.78 is 26.1. The normalized spacial score (nSPS) is 14.2. The van der Waals surface area contributed by atoms with E-state index in [2.05, 4.69) is 14.7 Å². The molecule has 0 bridgehead atoms. The molecule has 1 unspecified atom stereocenters. The highest BCUT2D eigenvalue weighted by Crippen LogP contribution is 2.06. The zero-order chi connectivity index (χ0) is 13.1. The Balaban J connectivity index is 2.56. The Kier molecular flexibility index (Phi) is 4.67. The lowest BCUT2D eigenvalue weighted by Crippen LogP contribution is -2.38. The minimum Gasteiger partial charge on any atom is -0.332 e. The Hall–Kier alpha value is -0.920. The van der Waals surface area contributed by atoms with Crippen LogP contribution >= 0.6 is 0 Å². The molecule has 0 aliphatic heterocycles. The van der Waals surface area contributed by atoms with Gasteiger partial charge in [-0.05, 0) is 19.3 Å². The highest BCUT2D eigenvalue weighted by molar-refractivity contribution is 7.89. The monoisotopic (exact) mass is 260 g/mol. The molecule has 1 atom stereocenters. The molecule has 0 aromatic carbocycles. The fourth-order valence-electron chi connectivity index (χ4n) is 1.52. The van der Waals surface area contributed by atoms with Crippen LogP contribution in [0.5, 0.6) is 0 Å². The van der Waals surface area contributed by atoms with E-state index in [1.807, 2.05) is 13.8 Å². The molecule has 0 amide bonds. The summed E-state index contributed by atoms with van der Waals surface area (Å²) in [6.45, 7) is 6.03. The van der Waals surface area contributed by atoms with Gasteiger partial charge in [-0.2, -0.15) is 0 Å². The molecular formula is C10H20N4O2S. The topological polar surface area (TPSA) is 101 Å². The van der Waals surface area contributed by atoms with Crippen LogP contribution in [-0.2, 0) is 10.0 Å². The molecule has 4 N–H and O–H groups in total. The van der Waals surface area contributed by atoms with Crippen molar-refractivity contribution in [2.24, 2.45) is 11.7 Å². The minimum absolute atomic E-state index is 0.0757. The van der Waals surface area contributed by atoms with Gasteiger partial charge in [0.1, 0.15) is 5.82 Å². The fraction of sp³-hybridized carbons (Fsp3) is 0.700. The number of nitrogens with one attached hydrogen (secondary N) is 2. The fourth-order valence-corrected chi connectivity index (χ4v) is 2.58. The molecule has 6 nitrogen and oxygen atoms in total. The quantitative estimate of drug-likeness (QED) is 0.688. The van der Waals surface area contributed by atoms with E-state index >= 15 is 0 Å². The lowest BCUT2D eigenvalue weighted by molar-refractivity contribution is 0.485. The van der Waals surface area contributed by atoms with Crippen LogP contribution in [0.3, 0.4) is 0 Å². The van der Waals surface area contributed by atoms with Crippen molar-refractivity contribution < 1.29 is 8.42 Å². The second kappa shape index (κ2) is 5.61. The molecule has 0 aliphatic carbocycles. The van der Waals surface area contributed by atoms with Crippen LogP contribution in [0.1, 0.15) is 26.1 Å². The summed E-state index contributed by atoms with van der Waals surface area (Å²) in [6, 6.07) is -0.172. The van der Waals surface area contributed by atoms with Crippen LogP contribution in [0.2, 0.25) is 0 Å². The minimum atomic E-state index is -3.52. The standard InChI is InChI=1S/C10H20N4O2S/c1-7(2)4-9(11)5-13-17(15,16)10-6-12-8(3)14-10/h6-7,9,13H,4-5,11H2,1-3H3,(H,12,14). The van der Waals surface area contributed by atoms with Crippen LogP contribution in [0.15, 0.2) is 11.2 Å². The average molecular weight is 260 g/mol. The molecule has 1 rings (SSSR count). The van der Waals surface area contributed by atoms with Crippen molar-refractivity contribution in [3.8, 4) is 0 Å². The van der Waals surface area contributed by atoms with Crippen LogP contribution in [0, 0.1) is 12.8 Å². The Bertz CT molecular complexity index is 453. The predicted molar refractivity (Wildman–Crippen MR) is 65.9 cm³/mol. The van der Waals surface area contributed by atoms with Crippen LogP contribution in [0.25, 0.3) is 0 Å². The van der Waals surface area contributed by atoms with Crippen molar-refractivity contribution in [3.05, 3.63) is 12.0 Å². The third kappa shape index (κ3) is 4.45. The molecule has 0 spiro atoms. The second-order valence-electron chi connectivity index (χ2n) is 4.57. The molecular weight excluding hydrogens is 240 g/mol. The van der Waals surface area contributed by atoms with Gasteiger partial charge in [0.25, 0.3) is 10.0 Å². The van der Waals surface area contributed by atoms with E-state index in [4.69, 9.17) is 5.73 Å². The first-order valence-corrected chi connectivity index (χ1v) is 7.06. The predicted octanol–water partition coefficient (Wildman–Crippen LogP) is 0.370. The highest BCUT2D eigenvalue weighted by Gasteiger charge is 2.17. The lowest BCUT2D eigenvalue weighted by atomic mass is 10.1. The third-order valence-electron chi connectivity index (χ3n) is 2.28. The number of hydrogen-bond acceptors (Lipinski definition) is 4. The first-order valence-electron chi connectivity index (χ1n) is 5.58. The van der Waals surface area contributed by atoms with Crippen LogP contribution in [0.4, 0.5) is 0 Å². The van der Waals surface area contributed by atoms with E-state index in [-0.39, 0.29) is 17.6 Å². The first kappa shape index (κ1) is 14.1. The largest absolute Gasteiger partial charge is 0.332 e. The maximum atomic E-state index is 11.8. The molecule has 1 aromatic rings. The molecule has 0 radical (unpaired) electrons. The SMILES string of the molecule is Cc1ncc(S(=O)(=O)NCC(N)CC(C)C)[nH]1. The van der Waals surface area contributed by atoms with Gasteiger partial charge in [-0.15, -0.1) is 0 Å². The van der Waals surface area contributed by atoms with Gasteiger partial charge in [0, 0.05) is 12.6 Å². The second-order valence-corrected chi connectivity index (χ2v) is 6.31. The highest BCUT2D eigenvalue weighted by atomic mass is 32.2. The summed E-state index contributed by atoms with van der Waals surface area (Å²) >= 11 is 0. The van der Waals surface area contributed by atoms with Gasteiger partial charge < -0.3 is 10.7 Å². The van der Waals surface area contributed by atoms with E-state index in [0.717, 1.165) is 6.42 Å². The van der Waals surface area contributed by atoms with Crippen LogP contribution in [-0.4, -0.2) is 31.0 Å². The molecule has 0 saturated carbocycles. The zero-order valence-electron chi connectivity index (χ0n) is 10.4. The Labute approximate surface area is 102 Å². The van der Waals surface area contributed by atoms with Gasteiger partial charge in [-0.3, -0.25) is 0 Å². The van der Waals surface area contributed by atoms with E-state index in [9.17, 15) is 8.42 Å². The number of aromatic amines is 1. The number of aryl methyl sites for hydroxylation is 1. The van der Waals surface area contributed by atoms with Crippen molar-refractivity contribution in [1.29, 1.82) is 0 Å². The smallest absolute Gasteiger partial charge is 0.257 e. The van der Waals surface area contributed by atoms with Gasteiger partial charge in [-0.25, -0.2) is 18.1 Å². The summed E-state index contributed by atoms with van der Waals surface area (Å²) in [5.41, 5.74) is 5.81. The van der Waals surface area contributed by atoms with Crippen molar-refractivity contribution >= 4 is 10.0 Å². The molecule has 1 heterocycles. The maximum absolute atomic E-state index is 11.8. The molecule has 98 valence electrons. The van der Waals surface area contributed by atoms with Crippen molar-refractivity contribution in [1.82, 2.24) is 14.7 Å². The van der Waals surface area contributed by atoms with E-state index < -0.39 is 10.0 Å². The number of aromatic nitrogens is 2. The number of hydrogen-bond donors (Lipinski definition) is 3. The molecule has 0 aliphatic rings. The summed E-state index contributed by atoms with van der Waals surface area (Å²) in [4.78, 5) is 6.53. The first-order chi connectivity index (χ1) is 7.81. The summed E-state index contributed by atoms with van der Waals surface area (Å²) in [6.07, 6.45) is 2.08. The molecule has 17 heavy (non-hydrogen) atoms. The zero-order valence-corrected chi connectivity index (χ0v) is 11.2. The third-order valence-corrected chi connectivity index (χ3v) is 3.61. The van der Waals surface area contributed by atoms with Gasteiger partial charge in [0.2, 0.25) is 0 Å². The Morgan fingerprint density at radius 2 is 2.18 bits per heavy atom. The van der Waals surface area contributed by atoms with E-state index in [1.165, 1.54) is 6.20 Å². The number of nitrogens with two attached hydrogens (primary N) is 1. The number of rotatable bonds is 6. The summed E-state index contributed by atoms with van der Waals surface area (Å²) in [5.74, 6) is 1.01. The molecule has 1 aromatic heterocycles. The lowest BCUT2D eigenvalue weighted by Gasteiger charge is -2.14. The van der Waals surface area contributed by atoms with Gasteiger partial charge in [0.05, 0.1) is 6.20 Å². The number of sulfonamides is 1. The van der Waals surface area contributed by atoms with Crippen molar-refractivity contribution in [2.45, 2.75) is 38.3 Å². The molecule has 0 saturated heterocycles. The van der Waals surface area contributed by atoms with Gasteiger partial charge in [-0.1, -0.05) is 13.8 Å². The summed E-state index contributed by atoms with van der Waals surface area (Å²) in [5, 5.41) is 0.0757. The van der Waals surface area contributed by atoms with E-state index in [0.29, 0.717) is 11.7 Å². The Morgan fingerprint density at radius 3 is 2.65 bits per heavy atom. The van der Waals surface area contributed by atoms with Gasteiger partial charge >= 0.3 is 0 Å². The van der Waals surface area contributed by atoms with Crippen molar-refractivity contribution in [3.63, 3.8) is 0 Å². The van der Waals surface area contributed by atoms with Crippen molar-refractivity contribution in [2.75, 3.05) is 6.54 Å². The number of nitrogens with zero attached hydrogens (tertiary/aromatic N) is 1. The molecule has 0 fully saturated rings. The van der Waals surface area contributed by atoms with Gasteiger partial charge in [0.15, 0.2) is 5.03 Å². The number of imidazole rings is 1. The average Bonchev–Trinajstić information content (AvgIpc) is 2.62. The van der Waals surface area contributed by atoms with E-state index in [1.54, 1.807) is 6.92 Å². The van der Waals surface area contributed by atoms with Crippen LogP contribution < -0.4 is 10.5 Å². The Morgan fingerprint density at radius 1 is 1.53 bits per heavy atom. The summed E-state index contributed by atoms with van der Waals surface area (Å²) in [7, 11) is -3.52. The maximum Gasteiger partial charge on any atom is 0.257 e. The molecule has 7 heteroatoms.